The Morgan fingerprint density at radius 2 is 1.37 bits per heavy atom. The molecule has 10 heteroatoms. The molecule has 0 aromatic heterocycles. The maximum Gasteiger partial charge on any atom is 0.243 e. The Hall–Kier alpha value is -2.27. The molecule has 3 rings (SSSR count). The molecule has 1 aliphatic rings. The smallest absolute Gasteiger partial charge is 0.243 e. The number of nitrogens with zero attached hydrogens (tertiary/aromatic N) is 2. The summed E-state index contributed by atoms with van der Waals surface area (Å²) in [5.41, 5.74) is 0. The predicted octanol–water partition coefficient (Wildman–Crippen LogP) is 1.28. The Balaban J connectivity index is 1.96. The van der Waals surface area contributed by atoms with Crippen molar-refractivity contribution in [1.29, 1.82) is 0 Å². The fourth-order valence-corrected chi connectivity index (χ4v) is 6.36. The van der Waals surface area contributed by atoms with Gasteiger partial charge in [-0.25, -0.2) is 16.8 Å². The number of hydrogen-bond donors (Lipinski definition) is 1. The number of sulfonamides is 2. The second-order valence-corrected chi connectivity index (χ2v) is 11.1. The van der Waals surface area contributed by atoms with Crippen LogP contribution in [0.25, 0.3) is 0 Å². The highest BCUT2D eigenvalue weighted by atomic mass is 32.2. The Morgan fingerprint density at radius 1 is 0.867 bits per heavy atom. The van der Waals surface area contributed by atoms with Gasteiger partial charge in [0.05, 0.1) is 9.79 Å². The number of nitrogens with one attached hydrogen (secondary N) is 1. The van der Waals surface area contributed by atoms with Crippen molar-refractivity contribution in [2.24, 2.45) is 0 Å². The van der Waals surface area contributed by atoms with Crippen LogP contribution in [0.3, 0.4) is 0 Å². The van der Waals surface area contributed by atoms with E-state index in [-0.39, 0.29) is 35.5 Å². The van der Waals surface area contributed by atoms with Gasteiger partial charge in [-0.05, 0) is 38.1 Å². The van der Waals surface area contributed by atoms with Crippen LogP contribution < -0.4 is 5.32 Å². The summed E-state index contributed by atoms with van der Waals surface area (Å²) in [5, 5.41) is 2.71. The summed E-state index contributed by atoms with van der Waals surface area (Å²) in [6.45, 7) is 3.08. The Morgan fingerprint density at radius 3 is 1.87 bits per heavy atom. The minimum atomic E-state index is -3.97. The lowest BCUT2D eigenvalue weighted by atomic mass is 10.2. The number of hydrogen-bond acceptors (Lipinski definition) is 5. The lowest BCUT2D eigenvalue weighted by Gasteiger charge is -2.39. The van der Waals surface area contributed by atoms with Crippen molar-refractivity contribution in [3.05, 3.63) is 60.7 Å². The first-order valence-corrected chi connectivity index (χ1v) is 12.4. The Kier molecular flexibility index (Phi) is 6.61. The molecule has 1 heterocycles. The zero-order valence-electron chi connectivity index (χ0n) is 16.8. The van der Waals surface area contributed by atoms with Gasteiger partial charge in [0.1, 0.15) is 6.04 Å². The zero-order valence-corrected chi connectivity index (χ0v) is 18.4. The third-order valence-corrected chi connectivity index (χ3v) is 8.56. The number of rotatable bonds is 6. The largest absolute Gasteiger partial charge is 0.352 e. The third kappa shape index (κ3) is 4.56. The van der Waals surface area contributed by atoms with E-state index in [4.69, 9.17) is 0 Å². The number of piperazine rings is 1. The van der Waals surface area contributed by atoms with Crippen molar-refractivity contribution < 1.29 is 21.6 Å². The van der Waals surface area contributed by atoms with Crippen molar-refractivity contribution in [2.45, 2.75) is 35.7 Å². The van der Waals surface area contributed by atoms with Crippen LogP contribution in [0.1, 0.15) is 13.8 Å². The van der Waals surface area contributed by atoms with Gasteiger partial charge in [-0.2, -0.15) is 8.61 Å². The monoisotopic (exact) mass is 451 g/mol. The first-order valence-electron chi connectivity index (χ1n) is 9.56. The molecule has 0 saturated carbocycles. The average Bonchev–Trinajstić information content (AvgIpc) is 2.74. The zero-order chi connectivity index (χ0) is 21.9. The minimum absolute atomic E-state index is 0.0469. The molecule has 1 aliphatic heterocycles. The normalized spacial score (nSPS) is 19.0. The highest BCUT2D eigenvalue weighted by Crippen LogP contribution is 2.25. The fraction of sp³-hybridized carbons (Fsp3) is 0.350. The van der Waals surface area contributed by atoms with E-state index in [1.165, 1.54) is 28.6 Å². The number of carbonyl (C=O) groups is 1. The SMILES string of the molecule is CC(C)NC(=O)[C@@H]1CN(S(=O)(=O)c2ccccc2)CCN1S(=O)(=O)c1ccccc1. The molecule has 1 atom stereocenters. The highest BCUT2D eigenvalue weighted by molar-refractivity contribution is 7.89. The molecule has 0 spiro atoms. The Bertz CT molecular complexity index is 1090. The molecule has 1 amide bonds. The van der Waals surface area contributed by atoms with Crippen LogP contribution in [0.15, 0.2) is 70.5 Å². The molecule has 1 fully saturated rings. The van der Waals surface area contributed by atoms with Crippen LogP contribution in [-0.4, -0.2) is 63.1 Å². The van der Waals surface area contributed by atoms with Crippen LogP contribution in [0.5, 0.6) is 0 Å². The maximum atomic E-state index is 13.2. The van der Waals surface area contributed by atoms with Gasteiger partial charge in [0.2, 0.25) is 26.0 Å². The molecule has 1 N–H and O–H groups in total. The van der Waals surface area contributed by atoms with Gasteiger partial charge in [-0.1, -0.05) is 36.4 Å². The first kappa shape index (κ1) is 22.4. The van der Waals surface area contributed by atoms with Gasteiger partial charge in [0, 0.05) is 25.7 Å². The fourth-order valence-electron chi connectivity index (χ4n) is 3.31. The molecular weight excluding hydrogens is 426 g/mol. The highest BCUT2D eigenvalue weighted by Gasteiger charge is 2.43. The van der Waals surface area contributed by atoms with Crippen molar-refractivity contribution >= 4 is 26.0 Å². The summed E-state index contributed by atoms with van der Waals surface area (Å²) in [5.74, 6) is -0.530. The summed E-state index contributed by atoms with van der Waals surface area (Å²) in [7, 11) is -7.83. The summed E-state index contributed by atoms with van der Waals surface area (Å²) < 4.78 is 54.7. The molecule has 8 nitrogen and oxygen atoms in total. The van der Waals surface area contributed by atoms with Crippen LogP contribution >= 0.6 is 0 Å². The average molecular weight is 452 g/mol. The van der Waals surface area contributed by atoms with E-state index in [0.29, 0.717) is 0 Å². The van der Waals surface area contributed by atoms with Crippen LogP contribution in [0, 0.1) is 0 Å². The maximum absolute atomic E-state index is 13.2. The quantitative estimate of drug-likeness (QED) is 0.712. The lowest BCUT2D eigenvalue weighted by Crippen LogP contribution is -2.61. The van der Waals surface area contributed by atoms with Gasteiger partial charge in [-0.3, -0.25) is 4.79 Å². The van der Waals surface area contributed by atoms with Gasteiger partial charge in [0.25, 0.3) is 0 Å². The van der Waals surface area contributed by atoms with Crippen molar-refractivity contribution in [3.8, 4) is 0 Å². The van der Waals surface area contributed by atoms with E-state index >= 15 is 0 Å². The molecule has 2 aromatic carbocycles. The topological polar surface area (TPSA) is 104 Å². The lowest BCUT2D eigenvalue weighted by molar-refractivity contribution is -0.126. The second kappa shape index (κ2) is 8.84. The Labute approximate surface area is 177 Å². The van der Waals surface area contributed by atoms with Crippen molar-refractivity contribution in [3.63, 3.8) is 0 Å². The second-order valence-electron chi connectivity index (χ2n) is 7.28. The molecule has 0 unspecified atom stereocenters. The third-order valence-electron chi connectivity index (χ3n) is 4.76. The van der Waals surface area contributed by atoms with E-state index in [0.717, 1.165) is 4.31 Å². The molecule has 0 bridgehead atoms. The summed E-state index contributed by atoms with van der Waals surface area (Å²) in [4.78, 5) is 13.0. The van der Waals surface area contributed by atoms with Gasteiger partial charge >= 0.3 is 0 Å². The van der Waals surface area contributed by atoms with Gasteiger partial charge in [0.15, 0.2) is 0 Å². The van der Waals surface area contributed by atoms with Crippen molar-refractivity contribution in [2.75, 3.05) is 19.6 Å². The van der Waals surface area contributed by atoms with Crippen LogP contribution in [-0.2, 0) is 24.8 Å². The molecule has 0 radical (unpaired) electrons. The number of benzene rings is 2. The van der Waals surface area contributed by atoms with Crippen LogP contribution in [0.2, 0.25) is 0 Å². The van der Waals surface area contributed by atoms with Gasteiger partial charge in [-0.15, -0.1) is 0 Å². The number of carbonyl (C=O) groups excluding carboxylic acids is 1. The summed E-state index contributed by atoms with van der Waals surface area (Å²) >= 11 is 0. The molecule has 30 heavy (non-hydrogen) atoms. The van der Waals surface area contributed by atoms with E-state index in [1.54, 1.807) is 50.2 Å². The van der Waals surface area contributed by atoms with E-state index in [2.05, 4.69) is 5.32 Å². The minimum Gasteiger partial charge on any atom is -0.352 e. The molecule has 162 valence electrons. The van der Waals surface area contributed by atoms with Gasteiger partial charge < -0.3 is 5.32 Å². The molecule has 2 aromatic rings. The number of amides is 1. The van der Waals surface area contributed by atoms with E-state index in [9.17, 15) is 21.6 Å². The van der Waals surface area contributed by atoms with Crippen molar-refractivity contribution in [1.82, 2.24) is 13.9 Å². The first-order chi connectivity index (χ1) is 14.1. The molecule has 0 aliphatic carbocycles. The predicted molar refractivity (Wildman–Crippen MR) is 113 cm³/mol. The molecular formula is C20H25N3O5S2. The van der Waals surface area contributed by atoms with Crippen LogP contribution in [0.4, 0.5) is 0 Å². The van der Waals surface area contributed by atoms with E-state index in [1.807, 2.05) is 0 Å². The summed E-state index contributed by atoms with van der Waals surface area (Å²) in [6.07, 6.45) is 0. The summed E-state index contributed by atoms with van der Waals surface area (Å²) in [6, 6.07) is 14.3. The molecule has 1 saturated heterocycles. The van der Waals surface area contributed by atoms with E-state index < -0.39 is 32.0 Å². The standard InChI is InChI=1S/C20H25N3O5S2/c1-16(2)21-20(24)19-15-22(29(25,26)17-9-5-3-6-10-17)13-14-23(19)30(27,28)18-11-7-4-8-12-18/h3-12,16,19H,13-15H2,1-2H3,(H,21,24)/t19-/m0/s1.